The molecule has 1 N–H and O–H groups in total. The lowest BCUT2D eigenvalue weighted by atomic mass is 10.2. The molecule has 0 spiro atoms. The van der Waals surface area contributed by atoms with Crippen molar-refractivity contribution < 1.29 is 0 Å². The van der Waals surface area contributed by atoms with Gasteiger partial charge in [-0.1, -0.05) is 30.7 Å². The summed E-state index contributed by atoms with van der Waals surface area (Å²) < 4.78 is 0. The van der Waals surface area contributed by atoms with E-state index < -0.39 is 0 Å². The van der Waals surface area contributed by atoms with Gasteiger partial charge >= 0.3 is 0 Å². The van der Waals surface area contributed by atoms with Gasteiger partial charge in [-0.3, -0.25) is 0 Å². The maximum Gasteiger partial charge on any atom is 0.192 e. The Kier molecular flexibility index (Phi) is 6.03. The highest BCUT2D eigenvalue weighted by Gasteiger charge is 2.11. The number of benzene rings is 1. The van der Waals surface area contributed by atoms with Crippen LogP contribution in [0.1, 0.15) is 30.3 Å². The van der Waals surface area contributed by atoms with Crippen molar-refractivity contribution in [3.63, 3.8) is 0 Å². The van der Waals surface area contributed by atoms with Crippen LogP contribution in [-0.2, 0) is 6.54 Å². The first-order chi connectivity index (χ1) is 10.1. The van der Waals surface area contributed by atoms with Gasteiger partial charge in [-0.15, -0.1) is 0 Å². The third-order valence-corrected chi connectivity index (χ3v) is 4.42. The fourth-order valence-electron chi connectivity index (χ4n) is 2.04. The van der Waals surface area contributed by atoms with Crippen LogP contribution in [0.4, 0.5) is 0 Å². The summed E-state index contributed by atoms with van der Waals surface area (Å²) in [6.45, 7) is 7.92. The summed E-state index contributed by atoms with van der Waals surface area (Å²) in [4.78, 5) is 10.00. The molecule has 1 aromatic carbocycles. The number of rotatable bonds is 6. The Morgan fingerprint density at radius 1 is 1.19 bits per heavy atom. The van der Waals surface area contributed by atoms with Gasteiger partial charge in [0.1, 0.15) is 0 Å². The van der Waals surface area contributed by atoms with Crippen molar-refractivity contribution in [3.05, 3.63) is 46.2 Å². The van der Waals surface area contributed by atoms with E-state index in [-0.39, 0.29) is 0 Å². The van der Waals surface area contributed by atoms with Crippen LogP contribution >= 0.6 is 23.4 Å². The van der Waals surface area contributed by atoms with Gasteiger partial charge in [-0.2, -0.15) is 0 Å². The van der Waals surface area contributed by atoms with Crippen molar-refractivity contribution >= 4 is 23.4 Å². The zero-order valence-corrected chi connectivity index (χ0v) is 14.2. The van der Waals surface area contributed by atoms with Crippen molar-refractivity contribution in [2.24, 2.45) is 0 Å². The molecule has 0 bridgehead atoms. The summed E-state index contributed by atoms with van der Waals surface area (Å²) >= 11 is 7.90. The van der Waals surface area contributed by atoms with Crippen LogP contribution in [0.3, 0.4) is 0 Å². The summed E-state index contributed by atoms with van der Waals surface area (Å²) in [5.41, 5.74) is 3.13. The molecule has 0 aliphatic rings. The first kappa shape index (κ1) is 16.3. The topological polar surface area (TPSA) is 37.8 Å². The second-order valence-electron chi connectivity index (χ2n) is 4.94. The number of aryl methyl sites for hydroxylation is 2. The van der Waals surface area contributed by atoms with E-state index in [2.05, 4.69) is 28.3 Å². The smallest absolute Gasteiger partial charge is 0.192 e. The van der Waals surface area contributed by atoms with Crippen LogP contribution in [0.5, 0.6) is 0 Å². The molecule has 0 aliphatic carbocycles. The van der Waals surface area contributed by atoms with E-state index in [4.69, 9.17) is 11.6 Å². The van der Waals surface area contributed by atoms with Gasteiger partial charge in [0.25, 0.3) is 0 Å². The number of nitrogens with zero attached hydrogens (tertiary/aromatic N) is 2. The number of hydrogen-bond donors (Lipinski definition) is 1. The van der Waals surface area contributed by atoms with Crippen LogP contribution in [0.15, 0.2) is 34.3 Å². The van der Waals surface area contributed by atoms with Gasteiger partial charge in [0.05, 0.1) is 5.02 Å². The predicted octanol–water partition coefficient (Wildman–Crippen LogP) is 4.40. The minimum absolute atomic E-state index is 0.748. The third kappa shape index (κ3) is 4.70. The van der Waals surface area contributed by atoms with Gasteiger partial charge < -0.3 is 5.32 Å². The summed E-state index contributed by atoms with van der Waals surface area (Å²) in [5, 5.41) is 4.91. The van der Waals surface area contributed by atoms with Crippen LogP contribution in [0.25, 0.3) is 0 Å². The summed E-state index contributed by atoms with van der Waals surface area (Å²) in [6.07, 6.45) is 1.11. The third-order valence-electron chi connectivity index (χ3n) is 2.95. The van der Waals surface area contributed by atoms with E-state index >= 15 is 0 Å². The van der Waals surface area contributed by atoms with Gasteiger partial charge in [-0.25, -0.2) is 9.97 Å². The lowest BCUT2D eigenvalue weighted by molar-refractivity contribution is 0.669. The highest BCUT2D eigenvalue weighted by Crippen LogP contribution is 2.34. The summed E-state index contributed by atoms with van der Waals surface area (Å²) in [6, 6.07) is 7.97. The van der Waals surface area contributed by atoms with E-state index in [9.17, 15) is 0 Å². The maximum atomic E-state index is 6.37. The second kappa shape index (κ2) is 7.78. The molecule has 0 saturated heterocycles. The fourth-order valence-corrected chi connectivity index (χ4v) is 3.35. The van der Waals surface area contributed by atoms with Gasteiger partial charge in [0.2, 0.25) is 0 Å². The van der Waals surface area contributed by atoms with Crippen LogP contribution in [-0.4, -0.2) is 16.5 Å². The Morgan fingerprint density at radius 2 is 1.90 bits per heavy atom. The van der Waals surface area contributed by atoms with Crippen molar-refractivity contribution in [2.75, 3.05) is 6.54 Å². The zero-order chi connectivity index (χ0) is 15.2. The Morgan fingerprint density at radius 3 is 2.57 bits per heavy atom. The van der Waals surface area contributed by atoms with Gasteiger partial charge in [0, 0.05) is 22.8 Å². The first-order valence-electron chi connectivity index (χ1n) is 7.08. The molecule has 0 atom stereocenters. The Bertz CT molecular complexity index is 596. The molecule has 21 heavy (non-hydrogen) atoms. The lowest BCUT2D eigenvalue weighted by Gasteiger charge is -2.11. The number of aromatic nitrogens is 2. The molecule has 112 valence electrons. The minimum Gasteiger partial charge on any atom is -0.313 e. The molecular weight excluding hydrogens is 302 g/mol. The van der Waals surface area contributed by atoms with Crippen molar-refractivity contribution in [2.45, 2.75) is 43.8 Å². The largest absolute Gasteiger partial charge is 0.313 e. The fraction of sp³-hybridized carbons (Fsp3) is 0.375. The normalized spacial score (nSPS) is 10.9. The molecule has 0 radical (unpaired) electrons. The Balaban J connectivity index is 2.25. The molecular formula is C16H20ClN3S. The maximum absolute atomic E-state index is 6.37. The molecule has 2 rings (SSSR count). The van der Waals surface area contributed by atoms with Crippen LogP contribution in [0, 0.1) is 13.8 Å². The molecule has 0 saturated carbocycles. The van der Waals surface area contributed by atoms with E-state index in [0.29, 0.717) is 0 Å². The standard InChI is InChI=1S/C16H20ClN3S/c1-4-8-18-10-13-6-5-7-14(17)15(13)21-16-19-11(2)9-12(3)20-16/h5-7,9,18H,4,8,10H2,1-3H3. The molecule has 1 heterocycles. The molecule has 0 aliphatic heterocycles. The molecule has 5 heteroatoms. The molecule has 3 nitrogen and oxygen atoms in total. The minimum atomic E-state index is 0.748. The van der Waals surface area contributed by atoms with Crippen LogP contribution < -0.4 is 5.32 Å². The van der Waals surface area contributed by atoms with Crippen molar-refractivity contribution in [3.8, 4) is 0 Å². The summed E-state index contributed by atoms with van der Waals surface area (Å²) in [7, 11) is 0. The SMILES string of the molecule is CCCNCc1cccc(Cl)c1Sc1nc(C)cc(C)n1. The number of halogens is 1. The van der Waals surface area contributed by atoms with E-state index in [1.54, 1.807) is 0 Å². The monoisotopic (exact) mass is 321 g/mol. The van der Waals surface area contributed by atoms with Crippen molar-refractivity contribution in [1.29, 1.82) is 0 Å². The van der Waals surface area contributed by atoms with Crippen molar-refractivity contribution in [1.82, 2.24) is 15.3 Å². The zero-order valence-electron chi connectivity index (χ0n) is 12.6. The van der Waals surface area contributed by atoms with E-state index in [1.807, 2.05) is 32.0 Å². The predicted molar refractivity (Wildman–Crippen MR) is 89.1 cm³/mol. The summed E-state index contributed by atoms with van der Waals surface area (Å²) in [5.74, 6) is 0. The molecule has 0 fully saturated rings. The number of hydrogen-bond acceptors (Lipinski definition) is 4. The van der Waals surface area contributed by atoms with Crippen LogP contribution in [0.2, 0.25) is 5.02 Å². The molecule has 0 amide bonds. The molecule has 2 aromatic rings. The Hall–Kier alpha value is -1.10. The average Bonchev–Trinajstić information content (AvgIpc) is 2.41. The quantitative estimate of drug-likeness (QED) is 0.632. The lowest BCUT2D eigenvalue weighted by Crippen LogP contribution is -2.14. The number of nitrogens with one attached hydrogen (secondary N) is 1. The average molecular weight is 322 g/mol. The second-order valence-corrected chi connectivity index (χ2v) is 6.32. The highest BCUT2D eigenvalue weighted by atomic mass is 35.5. The molecule has 1 aromatic heterocycles. The van der Waals surface area contributed by atoms with Gasteiger partial charge in [0.15, 0.2) is 5.16 Å². The van der Waals surface area contributed by atoms with Gasteiger partial charge in [-0.05, 0) is 56.3 Å². The Labute approximate surface area is 135 Å². The molecule has 0 unspecified atom stereocenters. The van der Waals surface area contributed by atoms with E-state index in [1.165, 1.54) is 17.3 Å². The highest BCUT2D eigenvalue weighted by molar-refractivity contribution is 7.99. The van der Waals surface area contributed by atoms with E-state index in [0.717, 1.165) is 46.0 Å². The first-order valence-corrected chi connectivity index (χ1v) is 8.28.